The lowest BCUT2D eigenvalue weighted by Gasteiger charge is -2.07. The maximum Gasteiger partial charge on any atom is 0.337 e. The predicted octanol–water partition coefficient (Wildman–Crippen LogP) is 2.78. The van der Waals surface area contributed by atoms with Gasteiger partial charge < -0.3 is 14.6 Å². The molecule has 3 rings (SSSR count). The van der Waals surface area contributed by atoms with Crippen LogP contribution in [0.1, 0.15) is 26.3 Å². The highest BCUT2D eigenvalue weighted by Gasteiger charge is 2.09. The lowest BCUT2D eigenvalue weighted by atomic mass is 10.1. The van der Waals surface area contributed by atoms with E-state index < -0.39 is 0 Å². The number of imidazole rings is 1. The molecule has 0 atom stereocenters. The van der Waals surface area contributed by atoms with E-state index in [2.05, 4.69) is 15.0 Å². The molecule has 0 fully saturated rings. The molecule has 0 aliphatic carbocycles. The second-order valence-corrected chi connectivity index (χ2v) is 5.40. The summed E-state index contributed by atoms with van der Waals surface area (Å²) < 4.78 is 6.59. The number of carbonyl (C=O) groups excluding carboxylic acids is 2. The number of hydrogen-bond acceptors (Lipinski definition) is 5. The molecule has 122 valence electrons. The third-order valence-electron chi connectivity index (χ3n) is 3.87. The Morgan fingerprint density at radius 1 is 1.25 bits per heavy atom. The highest BCUT2D eigenvalue weighted by atomic mass is 16.5. The van der Waals surface area contributed by atoms with Crippen molar-refractivity contribution in [3.63, 3.8) is 0 Å². The summed E-state index contributed by atoms with van der Waals surface area (Å²) in [5, 5.41) is 3.27. The Balaban J connectivity index is 1.77. The third kappa shape index (κ3) is 2.99. The molecule has 0 saturated heterocycles. The zero-order chi connectivity index (χ0) is 17.1. The molecular weight excluding hydrogens is 306 g/mol. The Labute approximate surface area is 139 Å². The Morgan fingerprint density at radius 3 is 2.67 bits per heavy atom. The van der Waals surface area contributed by atoms with Crippen LogP contribution in [0.15, 0.2) is 42.5 Å². The number of aromatic nitrogens is 2. The number of anilines is 1. The molecule has 0 bridgehead atoms. The summed E-state index contributed by atoms with van der Waals surface area (Å²) >= 11 is 0. The first kappa shape index (κ1) is 15.7. The van der Waals surface area contributed by atoms with Crippen LogP contribution in [-0.2, 0) is 18.3 Å². The van der Waals surface area contributed by atoms with E-state index in [9.17, 15) is 9.59 Å². The van der Waals surface area contributed by atoms with Crippen molar-refractivity contribution in [2.45, 2.75) is 6.54 Å². The normalized spacial score (nSPS) is 10.6. The van der Waals surface area contributed by atoms with Crippen molar-refractivity contribution in [3.8, 4) is 0 Å². The summed E-state index contributed by atoms with van der Waals surface area (Å²) in [4.78, 5) is 26.8. The number of aldehydes is 1. The van der Waals surface area contributed by atoms with E-state index in [1.54, 1.807) is 18.2 Å². The van der Waals surface area contributed by atoms with E-state index in [-0.39, 0.29) is 5.97 Å². The molecule has 0 spiro atoms. The van der Waals surface area contributed by atoms with Gasteiger partial charge in [0.1, 0.15) is 6.29 Å². The van der Waals surface area contributed by atoms with E-state index in [4.69, 9.17) is 0 Å². The number of hydrogen-bond donors (Lipinski definition) is 1. The van der Waals surface area contributed by atoms with Gasteiger partial charge in [-0.15, -0.1) is 0 Å². The standard InChI is InChI=1S/C18H17N3O3/c1-21-16-9-13(11-22)5-8-15(16)20-18(21)19-10-12-3-6-14(7-4-12)17(23)24-2/h3-9,11H,10H2,1-2H3,(H,19,20). The van der Waals surface area contributed by atoms with Gasteiger partial charge in [-0.3, -0.25) is 4.79 Å². The molecule has 6 heteroatoms. The molecule has 0 radical (unpaired) electrons. The van der Waals surface area contributed by atoms with Crippen LogP contribution in [0.5, 0.6) is 0 Å². The molecule has 0 amide bonds. The van der Waals surface area contributed by atoms with Crippen molar-refractivity contribution in [1.29, 1.82) is 0 Å². The number of benzene rings is 2. The number of rotatable bonds is 5. The zero-order valence-electron chi connectivity index (χ0n) is 13.4. The van der Waals surface area contributed by atoms with E-state index in [0.29, 0.717) is 23.6 Å². The highest BCUT2D eigenvalue weighted by molar-refractivity contribution is 5.89. The number of nitrogens with one attached hydrogen (secondary N) is 1. The molecule has 0 saturated carbocycles. The average Bonchev–Trinajstić information content (AvgIpc) is 2.95. The van der Waals surface area contributed by atoms with Crippen LogP contribution >= 0.6 is 0 Å². The van der Waals surface area contributed by atoms with Gasteiger partial charge in [0, 0.05) is 19.2 Å². The molecule has 24 heavy (non-hydrogen) atoms. The Morgan fingerprint density at radius 2 is 2.00 bits per heavy atom. The summed E-state index contributed by atoms with van der Waals surface area (Å²) in [7, 11) is 3.26. The maximum atomic E-state index is 11.4. The molecule has 1 aromatic heterocycles. The predicted molar refractivity (Wildman–Crippen MR) is 91.2 cm³/mol. The van der Waals surface area contributed by atoms with Gasteiger partial charge >= 0.3 is 5.97 Å². The smallest absolute Gasteiger partial charge is 0.337 e. The molecule has 0 aliphatic rings. The topological polar surface area (TPSA) is 73.2 Å². The quantitative estimate of drug-likeness (QED) is 0.577. The number of fused-ring (bicyclic) bond motifs is 1. The minimum Gasteiger partial charge on any atom is -0.465 e. The van der Waals surface area contributed by atoms with Crippen LogP contribution in [0.25, 0.3) is 11.0 Å². The van der Waals surface area contributed by atoms with Crippen LogP contribution in [0.3, 0.4) is 0 Å². The number of carbonyl (C=O) groups is 2. The fourth-order valence-corrected chi connectivity index (χ4v) is 2.50. The first-order valence-corrected chi connectivity index (χ1v) is 7.45. The fourth-order valence-electron chi connectivity index (χ4n) is 2.50. The summed E-state index contributed by atoms with van der Waals surface area (Å²) in [5.41, 5.74) is 3.87. The van der Waals surface area contributed by atoms with Gasteiger partial charge in [-0.25, -0.2) is 9.78 Å². The van der Waals surface area contributed by atoms with Gasteiger partial charge in [-0.1, -0.05) is 12.1 Å². The summed E-state index contributed by atoms with van der Waals surface area (Å²) in [6, 6.07) is 12.6. The van der Waals surface area contributed by atoms with Crippen molar-refractivity contribution in [2.24, 2.45) is 7.05 Å². The lowest BCUT2D eigenvalue weighted by Crippen LogP contribution is -2.06. The third-order valence-corrected chi connectivity index (χ3v) is 3.87. The molecule has 0 unspecified atom stereocenters. The van der Waals surface area contributed by atoms with Gasteiger partial charge in [-0.2, -0.15) is 0 Å². The van der Waals surface area contributed by atoms with Crippen LogP contribution < -0.4 is 5.32 Å². The molecular formula is C18H17N3O3. The zero-order valence-corrected chi connectivity index (χ0v) is 13.4. The molecule has 1 N–H and O–H groups in total. The molecule has 0 aliphatic heterocycles. The summed E-state index contributed by atoms with van der Waals surface area (Å²) in [6.45, 7) is 0.569. The Bertz CT molecular complexity index is 898. The van der Waals surface area contributed by atoms with E-state index in [0.717, 1.165) is 22.9 Å². The monoisotopic (exact) mass is 323 g/mol. The number of methoxy groups -OCH3 is 1. The lowest BCUT2D eigenvalue weighted by molar-refractivity contribution is 0.0600. The van der Waals surface area contributed by atoms with Crippen LogP contribution in [0.2, 0.25) is 0 Å². The average molecular weight is 323 g/mol. The molecule has 1 heterocycles. The summed E-state index contributed by atoms with van der Waals surface area (Å²) in [6.07, 6.45) is 0.822. The highest BCUT2D eigenvalue weighted by Crippen LogP contribution is 2.19. The second-order valence-electron chi connectivity index (χ2n) is 5.40. The number of ether oxygens (including phenoxy) is 1. The number of nitrogens with zero attached hydrogens (tertiary/aromatic N) is 2. The molecule has 2 aromatic carbocycles. The molecule has 6 nitrogen and oxygen atoms in total. The van der Waals surface area contributed by atoms with Crippen LogP contribution in [0, 0.1) is 0 Å². The summed E-state index contributed by atoms with van der Waals surface area (Å²) in [5.74, 6) is 0.362. The second kappa shape index (κ2) is 6.54. The van der Waals surface area contributed by atoms with Gasteiger partial charge in [0.15, 0.2) is 0 Å². The SMILES string of the molecule is COC(=O)c1ccc(CNc2nc3ccc(C=O)cc3n2C)cc1. The number of aryl methyl sites for hydroxylation is 1. The van der Waals surface area contributed by atoms with E-state index in [1.165, 1.54) is 7.11 Å². The van der Waals surface area contributed by atoms with Crippen molar-refractivity contribution < 1.29 is 14.3 Å². The largest absolute Gasteiger partial charge is 0.465 e. The minimum absolute atomic E-state index is 0.351. The Kier molecular flexibility index (Phi) is 4.29. The minimum atomic E-state index is -0.351. The van der Waals surface area contributed by atoms with Gasteiger partial charge in [-0.05, 0) is 35.9 Å². The number of esters is 1. The van der Waals surface area contributed by atoms with Crippen LogP contribution in [-0.4, -0.2) is 28.9 Å². The van der Waals surface area contributed by atoms with Gasteiger partial charge in [0.05, 0.1) is 23.7 Å². The van der Waals surface area contributed by atoms with Crippen molar-refractivity contribution >= 4 is 29.2 Å². The van der Waals surface area contributed by atoms with E-state index in [1.807, 2.05) is 35.9 Å². The van der Waals surface area contributed by atoms with Crippen molar-refractivity contribution in [1.82, 2.24) is 9.55 Å². The van der Waals surface area contributed by atoms with E-state index >= 15 is 0 Å². The van der Waals surface area contributed by atoms with Gasteiger partial charge in [0.25, 0.3) is 0 Å². The first-order valence-electron chi connectivity index (χ1n) is 7.45. The van der Waals surface area contributed by atoms with Gasteiger partial charge in [0.2, 0.25) is 5.95 Å². The van der Waals surface area contributed by atoms with Crippen LogP contribution in [0.4, 0.5) is 5.95 Å². The fraction of sp³-hybridized carbons (Fsp3) is 0.167. The van der Waals surface area contributed by atoms with Crippen molar-refractivity contribution in [2.75, 3.05) is 12.4 Å². The van der Waals surface area contributed by atoms with Crippen molar-refractivity contribution in [3.05, 3.63) is 59.2 Å². The molecule has 3 aromatic rings. The maximum absolute atomic E-state index is 11.4. The Hall–Kier alpha value is -3.15. The first-order chi connectivity index (χ1) is 11.6.